The Morgan fingerprint density at radius 2 is 1.67 bits per heavy atom. The van der Waals surface area contributed by atoms with Crippen LogP contribution in [0.25, 0.3) is 10.5 Å². The third kappa shape index (κ3) is 2.77. The summed E-state index contributed by atoms with van der Waals surface area (Å²) in [4.78, 5) is 2.39. The molecule has 0 fully saturated rings. The maximum Gasteiger partial charge on any atom is 0.483 e. The summed E-state index contributed by atoms with van der Waals surface area (Å²) in [5.41, 5.74) is 3.85. The molecule has 0 saturated carbocycles. The van der Waals surface area contributed by atoms with Gasteiger partial charge in [0.2, 0.25) is 5.39 Å². The smallest absolute Gasteiger partial charge is 0.402 e. The van der Waals surface area contributed by atoms with E-state index in [2.05, 4.69) is 4.98 Å². The van der Waals surface area contributed by atoms with Crippen molar-refractivity contribution in [3.8, 4) is 0 Å². The minimum Gasteiger partial charge on any atom is -0.402 e. The van der Waals surface area contributed by atoms with Gasteiger partial charge in [-0.1, -0.05) is 6.07 Å². The molecule has 1 unspecified atom stereocenters. The molecule has 0 heterocycles. The van der Waals surface area contributed by atoms with E-state index in [4.69, 9.17) is 16.9 Å². The summed E-state index contributed by atoms with van der Waals surface area (Å²) in [5, 5.41) is 9.05. The van der Waals surface area contributed by atoms with Gasteiger partial charge in [0.1, 0.15) is 4.98 Å². The zero-order chi connectivity index (χ0) is 18.3. The van der Waals surface area contributed by atoms with E-state index in [-0.39, 0.29) is 11.4 Å². The number of allylic oxidation sites excluding steroid dienone is 2. The number of nitrogen functional groups attached to an aromatic ring is 1. The minimum atomic E-state index is -5.17. The van der Waals surface area contributed by atoms with Gasteiger partial charge in [-0.25, -0.2) is 0 Å². The molecule has 1 aliphatic rings. The molecule has 0 amide bonds. The van der Waals surface area contributed by atoms with Gasteiger partial charge in [0.15, 0.2) is 0 Å². The van der Waals surface area contributed by atoms with Gasteiger partial charge in [-0.3, -0.25) is 0 Å². The Morgan fingerprint density at radius 1 is 1.04 bits per heavy atom. The average molecular weight is 349 g/mol. The first-order valence-electron chi connectivity index (χ1n) is 6.49. The van der Waals surface area contributed by atoms with Crippen LogP contribution in [0.1, 0.15) is 17.5 Å². The fourth-order valence-corrected chi connectivity index (χ4v) is 2.52. The highest BCUT2D eigenvalue weighted by Crippen LogP contribution is 2.51. The van der Waals surface area contributed by atoms with Crippen LogP contribution in [0.5, 0.6) is 0 Å². The third-order valence-electron chi connectivity index (χ3n) is 3.65. The molecule has 0 spiro atoms. The molecule has 10 heteroatoms. The highest BCUT2D eigenvalue weighted by molar-refractivity contribution is 5.81. The summed E-state index contributed by atoms with van der Waals surface area (Å²) in [5.74, 6) is 0. The van der Waals surface area contributed by atoms with Crippen molar-refractivity contribution in [2.24, 2.45) is 5.73 Å². The number of anilines is 1. The predicted molar refractivity (Wildman–Crippen MR) is 74.6 cm³/mol. The Labute approximate surface area is 132 Å². The number of diazo groups is 1. The fraction of sp³-hybridized carbons (Fsp3) is 0.286. The largest absolute Gasteiger partial charge is 0.483 e. The summed E-state index contributed by atoms with van der Waals surface area (Å²) in [6.45, 7) is 0. The minimum absolute atomic E-state index is 0.268. The Kier molecular flexibility index (Phi) is 4.00. The third-order valence-corrected chi connectivity index (χ3v) is 3.65. The van der Waals surface area contributed by atoms with Crippen molar-refractivity contribution in [2.45, 2.75) is 24.3 Å². The Morgan fingerprint density at radius 3 is 2.17 bits per heavy atom. The molecule has 1 aromatic carbocycles. The van der Waals surface area contributed by atoms with Crippen LogP contribution in [0.4, 0.5) is 32.0 Å². The van der Waals surface area contributed by atoms with E-state index < -0.39 is 41.0 Å². The van der Waals surface area contributed by atoms with E-state index in [0.717, 1.165) is 24.3 Å². The van der Waals surface area contributed by atoms with Crippen molar-refractivity contribution < 1.29 is 26.3 Å². The molecule has 0 aromatic heterocycles. The molecule has 4 N–H and O–H groups in total. The molecule has 1 atom stereocenters. The van der Waals surface area contributed by atoms with Gasteiger partial charge in [0.05, 0.1) is 17.6 Å². The summed E-state index contributed by atoms with van der Waals surface area (Å²) in [6.07, 6.45) is -9.31. The van der Waals surface area contributed by atoms with Gasteiger partial charge >= 0.3 is 17.9 Å². The quantitative estimate of drug-likeness (QED) is 0.456. The van der Waals surface area contributed by atoms with Gasteiger partial charge < -0.3 is 11.5 Å². The fourth-order valence-electron chi connectivity index (χ4n) is 2.52. The second kappa shape index (κ2) is 5.43. The van der Waals surface area contributed by atoms with Crippen LogP contribution in [0.2, 0.25) is 0 Å². The predicted octanol–water partition coefficient (Wildman–Crippen LogP) is 4.07. The van der Waals surface area contributed by atoms with Crippen LogP contribution >= 0.6 is 0 Å². The van der Waals surface area contributed by atoms with Crippen LogP contribution in [0.15, 0.2) is 36.0 Å². The number of halogens is 6. The molecule has 0 bridgehead atoms. The molecule has 24 heavy (non-hydrogen) atoms. The van der Waals surface area contributed by atoms with Crippen LogP contribution < -0.4 is 11.5 Å². The van der Waals surface area contributed by atoms with E-state index in [1.807, 2.05) is 0 Å². The number of hydrogen-bond acceptors (Lipinski definition) is 3. The lowest BCUT2D eigenvalue weighted by molar-refractivity contribution is -0.158. The second-order valence-corrected chi connectivity index (χ2v) is 5.26. The van der Waals surface area contributed by atoms with Crippen LogP contribution in [-0.2, 0) is 6.18 Å². The monoisotopic (exact) mass is 349 g/mol. The Hall–Kier alpha value is -2.70. The molecule has 2 rings (SSSR count). The van der Waals surface area contributed by atoms with E-state index in [1.54, 1.807) is 0 Å². The second-order valence-electron chi connectivity index (χ2n) is 5.26. The Bertz CT molecular complexity index is 769. The van der Waals surface area contributed by atoms with Crippen molar-refractivity contribution in [3.05, 3.63) is 52.2 Å². The van der Waals surface area contributed by atoms with Crippen molar-refractivity contribution in [2.75, 3.05) is 5.73 Å². The molecular weight excluding hydrogens is 338 g/mol. The molecule has 1 aromatic rings. The maximum atomic E-state index is 13.5. The highest BCUT2D eigenvalue weighted by Gasteiger charge is 2.71. The van der Waals surface area contributed by atoms with Crippen LogP contribution in [0, 0.1) is 5.39 Å². The van der Waals surface area contributed by atoms with Gasteiger partial charge in [0, 0.05) is 11.4 Å². The van der Waals surface area contributed by atoms with Gasteiger partial charge in [-0.15, -0.1) is 0 Å². The molecule has 128 valence electrons. The zero-order valence-electron chi connectivity index (χ0n) is 11.9. The number of benzene rings is 1. The summed E-state index contributed by atoms with van der Waals surface area (Å²) in [6, 6.07) is 2.37. The summed E-state index contributed by atoms with van der Waals surface area (Å²) in [7, 11) is 0. The molecule has 1 aliphatic carbocycles. The molecule has 0 aliphatic heterocycles. The summed E-state index contributed by atoms with van der Waals surface area (Å²) >= 11 is 0. The van der Waals surface area contributed by atoms with Crippen LogP contribution in [0.3, 0.4) is 0 Å². The molecular formula is C14H11F6N4+. The maximum absolute atomic E-state index is 13.5. The lowest BCUT2D eigenvalue weighted by Gasteiger charge is -2.26. The first-order valence-corrected chi connectivity index (χ1v) is 6.49. The lowest BCUT2D eigenvalue weighted by Crippen LogP contribution is -2.45. The van der Waals surface area contributed by atoms with E-state index in [0.29, 0.717) is 6.07 Å². The molecule has 0 radical (unpaired) electrons. The van der Waals surface area contributed by atoms with Crippen LogP contribution in [-0.4, -0.2) is 11.7 Å². The van der Waals surface area contributed by atoms with Gasteiger partial charge in [-0.05, 0) is 29.8 Å². The van der Waals surface area contributed by atoms with E-state index in [1.165, 1.54) is 0 Å². The lowest BCUT2D eigenvalue weighted by atomic mass is 9.77. The number of hydrogen-bond donors (Lipinski definition) is 2. The van der Waals surface area contributed by atoms with E-state index in [9.17, 15) is 26.3 Å². The van der Waals surface area contributed by atoms with Crippen molar-refractivity contribution in [3.63, 3.8) is 0 Å². The van der Waals surface area contributed by atoms with E-state index >= 15 is 0 Å². The van der Waals surface area contributed by atoms with Crippen molar-refractivity contribution >= 4 is 11.3 Å². The highest BCUT2D eigenvalue weighted by atomic mass is 19.4. The normalized spacial score (nSPS) is 21.7. The standard InChI is InChI=1S/C14H10F6N4/c15-13(16,17)11-5-7(21)1-3-9(11)10-4-2-8(22)6-12(10,24-23)14(18,19)20/h1-5,21-23H,6H2/p+1. The molecule has 0 saturated heterocycles. The average Bonchev–Trinajstić information content (AvgIpc) is 2.45. The topological polar surface area (TPSA) is 80.2 Å². The Balaban J connectivity index is 2.81. The van der Waals surface area contributed by atoms with Crippen molar-refractivity contribution in [1.29, 1.82) is 5.39 Å². The number of rotatable bonds is 1. The van der Waals surface area contributed by atoms with Crippen molar-refractivity contribution in [1.82, 2.24) is 0 Å². The first kappa shape index (κ1) is 17.7. The number of nitrogens with zero attached hydrogens (tertiary/aromatic N) is 2. The SMILES string of the molecule is N#[N+]C1(C(F)(F)F)CC(N)=CC=C1c1ccc(N)cc1C(F)(F)F. The number of alkyl halides is 6. The van der Waals surface area contributed by atoms with Gasteiger partial charge in [0.25, 0.3) is 0 Å². The molecule has 4 nitrogen and oxygen atoms in total. The first-order chi connectivity index (χ1) is 10.9. The zero-order valence-corrected chi connectivity index (χ0v) is 11.9. The summed E-state index contributed by atoms with van der Waals surface area (Å²) < 4.78 is 80.2. The number of nitrogens with two attached hydrogens (primary N) is 2. The van der Waals surface area contributed by atoms with Gasteiger partial charge in [-0.2, -0.15) is 26.3 Å².